The van der Waals surface area contributed by atoms with E-state index >= 15 is 0 Å². The number of fused-ring (bicyclic) bond motifs is 1. The van der Waals surface area contributed by atoms with Crippen LogP contribution in [0.2, 0.25) is 10.0 Å². The van der Waals surface area contributed by atoms with Gasteiger partial charge in [0.25, 0.3) is 11.5 Å². The summed E-state index contributed by atoms with van der Waals surface area (Å²) < 4.78 is 19.4. The zero-order valence-electron chi connectivity index (χ0n) is 28.2. The van der Waals surface area contributed by atoms with Crippen molar-refractivity contribution in [3.05, 3.63) is 148 Å². The number of carbonyl (C=O) groups is 1. The first-order chi connectivity index (χ1) is 24.1. The van der Waals surface area contributed by atoms with Crippen LogP contribution in [0.15, 0.2) is 99.9 Å². The van der Waals surface area contributed by atoms with Crippen LogP contribution in [0.4, 0.5) is 5.69 Å². The summed E-state index contributed by atoms with van der Waals surface area (Å²) in [4.78, 5) is 33.6. The molecule has 2 heterocycles. The lowest BCUT2D eigenvalue weighted by Gasteiger charge is -2.25. The summed E-state index contributed by atoms with van der Waals surface area (Å²) in [7, 11) is 1.59. The summed E-state index contributed by atoms with van der Waals surface area (Å²) in [5, 5.41) is 4.12. The number of aryl methyl sites for hydroxylation is 2. The van der Waals surface area contributed by atoms with Gasteiger partial charge in [-0.1, -0.05) is 76.5 Å². The van der Waals surface area contributed by atoms with Gasteiger partial charge in [0.2, 0.25) is 0 Å². The minimum atomic E-state index is -0.723. The minimum absolute atomic E-state index is 0.220. The number of nitrogens with zero attached hydrogens (tertiary/aromatic N) is 2. The van der Waals surface area contributed by atoms with Crippen molar-refractivity contribution < 1.29 is 19.0 Å². The molecule has 6 rings (SSSR count). The molecule has 0 saturated heterocycles. The van der Waals surface area contributed by atoms with Crippen LogP contribution in [-0.4, -0.2) is 24.2 Å². The van der Waals surface area contributed by atoms with Gasteiger partial charge >= 0.3 is 0 Å². The second-order valence-corrected chi connectivity index (χ2v) is 13.6. The predicted molar refractivity (Wildman–Crippen MR) is 200 cm³/mol. The maximum atomic E-state index is 14.3. The third-order valence-corrected chi connectivity index (χ3v) is 9.86. The smallest absolute Gasteiger partial charge is 0.271 e. The Morgan fingerprint density at radius 3 is 2.44 bits per heavy atom. The number of benzene rings is 4. The van der Waals surface area contributed by atoms with E-state index in [1.807, 2.05) is 81.4 Å². The van der Waals surface area contributed by atoms with Gasteiger partial charge < -0.3 is 19.5 Å². The summed E-state index contributed by atoms with van der Waals surface area (Å²) >= 11 is 13.7. The van der Waals surface area contributed by atoms with E-state index in [0.717, 1.165) is 27.8 Å². The van der Waals surface area contributed by atoms with Crippen molar-refractivity contribution in [1.29, 1.82) is 0 Å². The quantitative estimate of drug-likeness (QED) is 0.159. The van der Waals surface area contributed by atoms with Gasteiger partial charge in [-0.15, -0.1) is 0 Å². The third kappa shape index (κ3) is 7.35. The zero-order valence-corrected chi connectivity index (χ0v) is 30.5. The van der Waals surface area contributed by atoms with Crippen LogP contribution in [0.25, 0.3) is 6.08 Å². The van der Waals surface area contributed by atoms with Crippen LogP contribution in [0.5, 0.6) is 17.2 Å². The first-order valence-electron chi connectivity index (χ1n) is 15.9. The molecule has 1 aromatic heterocycles. The Balaban J connectivity index is 1.39. The lowest BCUT2D eigenvalue weighted by atomic mass is 9.95. The van der Waals surface area contributed by atoms with Gasteiger partial charge in [0.15, 0.2) is 16.3 Å². The molecular formula is C39H35Cl2N3O5S. The van der Waals surface area contributed by atoms with E-state index in [-0.39, 0.29) is 18.1 Å². The van der Waals surface area contributed by atoms with E-state index in [2.05, 4.69) is 5.32 Å². The van der Waals surface area contributed by atoms with Crippen LogP contribution < -0.4 is 34.4 Å². The summed E-state index contributed by atoms with van der Waals surface area (Å²) in [6, 6.07) is 23.2. The molecule has 0 radical (unpaired) electrons. The van der Waals surface area contributed by atoms with Crippen LogP contribution in [0.1, 0.15) is 47.7 Å². The van der Waals surface area contributed by atoms with Crippen molar-refractivity contribution in [1.82, 2.24) is 4.57 Å². The monoisotopic (exact) mass is 727 g/mol. The van der Waals surface area contributed by atoms with E-state index in [1.54, 1.807) is 42.9 Å². The van der Waals surface area contributed by atoms with Gasteiger partial charge in [-0.25, -0.2) is 4.99 Å². The van der Waals surface area contributed by atoms with Crippen LogP contribution in [0.3, 0.4) is 0 Å². The molecule has 1 aliphatic heterocycles. The third-order valence-electron chi connectivity index (χ3n) is 8.29. The maximum Gasteiger partial charge on any atom is 0.271 e. The van der Waals surface area contributed by atoms with E-state index in [1.165, 1.54) is 11.3 Å². The highest BCUT2D eigenvalue weighted by molar-refractivity contribution is 7.07. The summed E-state index contributed by atoms with van der Waals surface area (Å²) in [5.41, 5.74) is 5.64. The molecule has 0 fully saturated rings. The standard InChI is InChI=1S/C39H35Cl2N3O5S/c1-6-48-33-18-25(8-16-32(33)49-21-27-9-12-28(40)20-30(27)41)19-34-38(46)44-36(26-10-13-29(47-5)14-11-26)35(24(4)42-39(44)50-34)37(45)43-31-15-7-22(2)17-23(31)3/h7-20,36H,6,21H2,1-5H3,(H,43,45)/b34-19+/t36-/m1/s1. The average Bonchev–Trinajstić information content (AvgIpc) is 3.39. The Morgan fingerprint density at radius 1 is 0.960 bits per heavy atom. The number of amides is 1. The molecule has 1 atom stereocenters. The molecule has 0 saturated carbocycles. The number of hydrogen-bond acceptors (Lipinski definition) is 7. The van der Waals surface area contributed by atoms with Crippen molar-refractivity contribution in [3.8, 4) is 17.2 Å². The lowest BCUT2D eigenvalue weighted by Crippen LogP contribution is -2.40. The first kappa shape index (κ1) is 35.0. The highest BCUT2D eigenvalue weighted by Crippen LogP contribution is 2.33. The number of carbonyl (C=O) groups excluding carboxylic acids is 1. The maximum absolute atomic E-state index is 14.3. The first-order valence-corrected chi connectivity index (χ1v) is 17.5. The highest BCUT2D eigenvalue weighted by Gasteiger charge is 2.32. The number of methoxy groups -OCH3 is 1. The van der Waals surface area contributed by atoms with Crippen molar-refractivity contribution >= 4 is 52.2 Å². The van der Waals surface area contributed by atoms with Gasteiger partial charge in [0.05, 0.1) is 35.6 Å². The largest absolute Gasteiger partial charge is 0.497 e. The van der Waals surface area contributed by atoms with Crippen molar-refractivity contribution in [3.63, 3.8) is 0 Å². The van der Waals surface area contributed by atoms with E-state index in [4.69, 9.17) is 42.4 Å². The molecule has 50 heavy (non-hydrogen) atoms. The minimum Gasteiger partial charge on any atom is -0.497 e. The molecule has 4 aromatic carbocycles. The van der Waals surface area contributed by atoms with Crippen molar-refractivity contribution in [2.75, 3.05) is 19.0 Å². The Kier molecular flexibility index (Phi) is 10.5. The Bertz CT molecular complexity index is 2310. The fourth-order valence-electron chi connectivity index (χ4n) is 5.80. The molecule has 1 amide bonds. The molecule has 1 aliphatic rings. The summed E-state index contributed by atoms with van der Waals surface area (Å²) in [6.45, 7) is 8.28. The SMILES string of the molecule is CCOc1cc(/C=c2/sc3n(c2=O)[C@H](c2ccc(OC)cc2)C(C(=O)Nc2ccc(C)cc2C)=C(C)N=3)ccc1OCc1ccc(Cl)cc1Cl. The van der Waals surface area contributed by atoms with Gasteiger partial charge in [0.1, 0.15) is 12.4 Å². The molecule has 11 heteroatoms. The summed E-state index contributed by atoms with van der Waals surface area (Å²) in [6.07, 6.45) is 1.80. The molecular weight excluding hydrogens is 693 g/mol. The van der Waals surface area contributed by atoms with E-state index in [9.17, 15) is 9.59 Å². The van der Waals surface area contributed by atoms with E-state index < -0.39 is 6.04 Å². The van der Waals surface area contributed by atoms with Crippen molar-refractivity contribution in [2.45, 2.75) is 40.3 Å². The van der Waals surface area contributed by atoms with Gasteiger partial charge in [-0.2, -0.15) is 0 Å². The van der Waals surface area contributed by atoms with E-state index in [0.29, 0.717) is 60.2 Å². The summed E-state index contributed by atoms with van der Waals surface area (Å²) in [5.74, 6) is 1.39. The molecule has 0 spiro atoms. The number of aromatic nitrogens is 1. The fraction of sp³-hybridized carbons (Fsp3) is 0.205. The average molecular weight is 729 g/mol. The number of rotatable bonds is 10. The number of nitrogens with one attached hydrogen (secondary N) is 1. The molecule has 256 valence electrons. The molecule has 0 unspecified atom stereocenters. The molecule has 8 nitrogen and oxygen atoms in total. The Hall–Kier alpha value is -4.83. The van der Waals surface area contributed by atoms with Gasteiger partial charge in [-0.3, -0.25) is 14.2 Å². The predicted octanol–water partition coefficient (Wildman–Crippen LogP) is 7.78. The fourth-order valence-corrected chi connectivity index (χ4v) is 7.31. The topological polar surface area (TPSA) is 91.2 Å². The van der Waals surface area contributed by atoms with Crippen LogP contribution >= 0.6 is 34.5 Å². The second kappa shape index (κ2) is 15.0. The van der Waals surface area contributed by atoms with Gasteiger partial charge in [-0.05, 0) is 92.9 Å². The number of anilines is 1. The molecule has 1 N–H and O–H groups in total. The second-order valence-electron chi connectivity index (χ2n) is 11.8. The molecule has 0 aliphatic carbocycles. The number of ether oxygens (including phenoxy) is 3. The van der Waals surface area contributed by atoms with Gasteiger partial charge in [0, 0.05) is 21.3 Å². The normalized spacial score (nSPS) is 14.2. The van der Waals surface area contributed by atoms with Crippen LogP contribution in [-0.2, 0) is 11.4 Å². The molecule has 5 aromatic rings. The number of halogens is 2. The van der Waals surface area contributed by atoms with Crippen LogP contribution in [0, 0.1) is 13.8 Å². The number of allylic oxidation sites excluding steroid dienone is 1. The molecule has 0 bridgehead atoms. The Labute approximate surface area is 303 Å². The lowest BCUT2D eigenvalue weighted by molar-refractivity contribution is -0.113. The number of hydrogen-bond donors (Lipinski definition) is 1. The number of thiazole rings is 1. The van der Waals surface area contributed by atoms with Crippen molar-refractivity contribution in [2.24, 2.45) is 4.99 Å². The Morgan fingerprint density at radius 2 is 1.74 bits per heavy atom. The highest BCUT2D eigenvalue weighted by atomic mass is 35.5. The zero-order chi connectivity index (χ0) is 35.5.